The summed E-state index contributed by atoms with van der Waals surface area (Å²) < 4.78 is 18.6. The maximum absolute atomic E-state index is 13.4. The molecule has 0 spiro atoms. The predicted octanol–water partition coefficient (Wildman–Crippen LogP) is 1.65. The number of alkyl halides is 1. The SMILES string of the molecule is C=C1CC(F)C2OCC(=O)CC2C1. The molecule has 1 heterocycles. The van der Waals surface area contributed by atoms with Crippen molar-refractivity contribution < 1.29 is 13.9 Å². The summed E-state index contributed by atoms with van der Waals surface area (Å²) in [5.41, 5.74) is 0.909. The van der Waals surface area contributed by atoms with E-state index in [1.165, 1.54) is 0 Å². The summed E-state index contributed by atoms with van der Waals surface area (Å²) in [6, 6.07) is 0. The third kappa shape index (κ3) is 1.66. The lowest BCUT2D eigenvalue weighted by molar-refractivity contribution is -0.142. The second-order valence-electron chi connectivity index (χ2n) is 3.95. The molecular weight excluding hydrogens is 171 g/mol. The molecule has 0 amide bonds. The second-order valence-corrected chi connectivity index (χ2v) is 3.95. The highest BCUT2D eigenvalue weighted by Gasteiger charge is 2.39. The quantitative estimate of drug-likeness (QED) is 0.535. The van der Waals surface area contributed by atoms with Gasteiger partial charge < -0.3 is 4.74 Å². The van der Waals surface area contributed by atoms with Crippen LogP contribution in [0.25, 0.3) is 0 Å². The van der Waals surface area contributed by atoms with Gasteiger partial charge in [0.2, 0.25) is 0 Å². The predicted molar refractivity (Wildman–Crippen MR) is 46.1 cm³/mol. The van der Waals surface area contributed by atoms with Gasteiger partial charge in [0, 0.05) is 12.8 Å². The number of hydrogen-bond donors (Lipinski definition) is 0. The van der Waals surface area contributed by atoms with Crippen LogP contribution >= 0.6 is 0 Å². The van der Waals surface area contributed by atoms with Crippen LogP contribution in [0.1, 0.15) is 19.3 Å². The summed E-state index contributed by atoms with van der Waals surface area (Å²) in [6.45, 7) is 3.87. The lowest BCUT2D eigenvalue weighted by Crippen LogP contribution is -2.44. The van der Waals surface area contributed by atoms with Crippen LogP contribution in [0.15, 0.2) is 12.2 Å². The highest BCUT2D eigenvalue weighted by atomic mass is 19.1. The summed E-state index contributed by atoms with van der Waals surface area (Å²) in [6.07, 6.45) is 0.290. The second kappa shape index (κ2) is 3.22. The van der Waals surface area contributed by atoms with Gasteiger partial charge in [-0.25, -0.2) is 4.39 Å². The maximum atomic E-state index is 13.4. The number of allylic oxidation sites excluding steroid dienone is 1. The normalized spacial score (nSPS) is 40.2. The zero-order valence-electron chi connectivity index (χ0n) is 7.46. The molecule has 2 aliphatic rings. The summed E-state index contributed by atoms with van der Waals surface area (Å²) >= 11 is 0. The van der Waals surface area contributed by atoms with Crippen LogP contribution in [0.2, 0.25) is 0 Å². The fourth-order valence-corrected chi connectivity index (χ4v) is 2.23. The minimum atomic E-state index is -0.959. The molecule has 2 fully saturated rings. The van der Waals surface area contributed by atoms with Crippen molar-refractivity contribution in [3.63, 3.8) is 0 Å². The van der Waals surface area contributed by atoms with Crippen molar-refractivity contribution >= 4 is 5.78 Å². The summed E-state index contributed by atoms with van der Waals surface area (Å²) in [5, 5.41) is 0. The molecule has 0 N–H and O–H groups in total. The summed E-state index contributed by atoms with van der Waals surface area (Å²) in [5.74, 6) is 0.126. The minimum absolute atomic E-state index is 0.0394. The number of hydrogen-bond acceptors (Lipinski definition) is 2. The lowest BCUT2D eigenvalue weighted by Gasteiger charge is -2.37. The van der Waals surface area contributed by atoms with Gasteiger partial charge in [-0.3, -0.25) is 4.79 Å². The van der Waals surface area contributed by atoms with Gasteiger partial charge >= 0.3 is 0 Å². The summed E-state index contributed by atoms with van der Waals surface area (Å²) in [4.78, 5) is 11.1. The molecule has 0 aromatic heterocycles. The van der Waals surface area contributed by atoms with Crippen LogP contribution in [0.4, 0.5) is 4.39 Å². The first-order valence-electron chi connectivity index (χ1n) is 4.61. The van der Waals surface area contributed by atoms with Crippen molar-refractivity contribution in [1.29, 1.82) is 0 Å². The van der Waals surface area contributed by atoms with Crippen molar-refractivity contribution in [1.82, 2.24) is 0 Å². The lowest BCUT2D eigenvalue weighted by atomic mass is 9.78. The largest absolute Gasteiger partial charge is 0.367 e. The number of rotatable bonds is 0. The number of fused-ring (bicyclic) bond motifs is 1. The van der Waals surface area contributed by atoms with E-state index in [1.54, 1.807) is 0 Å². The Morgan fingerprint density at radius 1 is 1.38 bits per heavy atom. The van der Waals surface area contributed by atoms with Crippen molar-refractivity contribution in [3.05, 3.63) is 12.2 Å². The first-order valence-corrected chi connectivity index (χ1v) is 4.61. The molecule has 0 aromatic rings. The van der Waals surface area contributed by atoms with Gasteiger partial charge in [0.1, 0.15) is 12.8 Å². The van der Waals surface area contributed by atoms with Crippen molar-refractivity contribution in [2.75, 3.05) is 6.61 Å². The van der Waals surface area contributed by atoms with E-state index in [2.05, 4.69) is 6.58 Å². The number of ketones is 1. The van der Waals surface area contributed by atoms with Crippen LogP contribution in [0, 0.1) is 5.92 Å². The van der Waals surface area contributed by atoms with E-state index in [4.69, 9.17) is 4.74 Å². The van der Waals surface area contributed by atoms with Gasteiger partial charge in [-0.1, -0.05) is 12.2 Å². The Labute approximate surface area is 76.8 Å². The topological polar surface area (TPSA) is 26.3 Å². The third-order valence-corrected chi connectivity index (χ3v) is 2.78. The zero-order valence-corrected chi connectivity index (χ0v) is 7.46. The molecule has 0 radical (unpaired) electrons. The Bertz CT molecular complexity index is 247. The molecule has 0 bridgehead atoms. The molecule has 3 atom stereocenters. The van der Waals surface area contributed by atoms with Gasteiger partial charge in [0.25, 0.3) is 0 Å². The van der Waals surface area contributed by atoms with Crippen molar-refractivity contribution in [3.8, 4) is 0 Å². The Hall–Kier alpha value is -0.700. The van der Waals surface area contributed by atoms with E-state index in [0.717, 1.165) is 12.0 Å². The van der Waals surface area contributed by atoms with Gasteiger partial charge in [-0.05, 0) is 12.3 Å². The zero-order chi connectivity index (χ0) is 9.42. The van der Waals surface area contributed by atoms with Gasteiger partial charge in [0.05, 0.1) is 6.10 Å². The molecule has 1 saturated heterocycles. The van der Waals surface area contributed by atoms with Crippen LogP contribution in [-0.2, 0) is 9.53 Å². The first-order chi connectivity index (χ1) is 6.16. The molecule has 3 heteroatoms. The Morgan fingerprint density at radius 2 is 2.15 bits per heavy atom. The minimum Gasteiger partial charge on any atom is -0.367 e. The first kappa shape index (κ1) is 8.88. The number of carbonyl (C=O) groups excluding carboxylic acids is 1. The number of ether oxygens (including phenoxy) is 1. The van der Waals surface area contributed by atoms with Crippen LogP contribution in [0.3, 0.4) is 0 Å². The van der Waals surface area contributed by atoms with Crippen molar-refractivity contribution in [2.45, 2.75) is 31.5 Å². The molecule has 1 aliphatic heterocycles. The molecule has 13 heavy (non-hydrogen) atoms. The van der Waals surface area contributed by atoms with Crippen LogP contribution in [-0.4, -0.2) is 24.7 Å². The molecule has 2 nitrogen and oxygen atoms in total. The molecule has 1 saturated carbocycles. The van der Waals surface area contributed by atoms with E-state index < -0.39 is 6.17 Å². The third-order valence-electron chi connectivity index (χ3n) is 2.78. The van der Waals surface area contributed by atoms with E-state index in [1.807, 2.05) is 0 Å². The monoisotopic (exact) mass is 184 g/mol. The maximum Gasteiger partial charge on any atom is 0.158 e. The van der Waals surface area contributed by atoms with E-state index >= 15 is 0 Å². The van der Waals surface area contributed by atoms with Crippen LogP contribution in [0.5, 0.6) is 0 Å². The van der Waals surface area contributed by atoms with E-state index in [-0.39, 0.29) is 24.4 Å². The summed E-state index contributed by atoms with van der Waals surface area (Å²) in [7, 11) is 0. The molecule has 1 aliphatic carbocycles. The molecule has 0 aromatic carbocycles. The van der Waals surface area contributed by atoms with Gasteiger partial charge in [0.15, 0.2) is 5.78 Å². The van der Waals surface area contributed by atoms with Gasteiger partial charge in [-0.2, -0.15) is 0 Å². The standard InChI is InChI=1S/C10H13FO2/c1-6-2-7-4-8(12)5-13-10(7)9(11)3-6/h7,9-10H,1-5H2. The average molecular weight is 184 g/mol. The molecule has 2 rings (SSSR count). The average Bonchev–Trinajstić information content (AvgIpc) is 2.02. The Morgan fingerprint density at radius 3 is 2.92 bits per heavy atom. The van der Waals surface area contributed by atoms with Crippen molar-refractivity contribution in [2.24, 2.45) is 5.92 Å². The molecule has 3 unspecified atom stereocenters. The number of halogens is 1. The Kier molecular flexibility index (Phi) is 2.20. The number of carbonyl (C=O) groups is 1. The van der Waals surface area contributed by atoms with Crippen LogP contribution < -0.4 is 0 Å². The Balaban J connectivity index is 2.10. The number of Topliss-reactive ketones (excluding diaryl/α,β-unsaturated/α-hetero) is 1. The van der Waals surface area contributed by atoms with E-state index in [0.29, 0.717) is 12.8 Å². The van der Waals surface area contributed by atoms with E-state index in [9.17, 15) is 9.18 Å². The molecular formula is C10H13FO2. The fourth-order valence-electron chi connectivity index (χ4n) is 2.23. The highest BCUT2D eigenvalue weighted by molar-refractivity contribution is 5.80. The smallest absolute Gasteiger partial charge is 0.158 e. The van der Waals surface area contributed by atoms with Gasteiger partial charge in [-0.15, -0.1) is 0 Å². The molecule has 72 valence electrons. The highest BCUT2D eigenvalue weighted by Crippen LogP contribution is 2.36. The fraction of sp³-hybridized carbons (Fsp3) is 0.700.